The number of ether oxygens (including phenoxy) is 3. The van der Waals surface area contributed by atoms with Gasteiger partial charge in [0.2, 0.25) is 0 Å². The quantitative estimate of drug-likeness (QED) is 0.338. The average Bonchev–Trinajstić information content (AvgIpc) is 2.40. The lowest BCUT2D eigenvalue weighted by atomic mass is 10.1. The van der Waals surface area contributed by atoms with Gasteiger partial charge in [0.1, 0.15) is 33.0 Å². The van der Waals surface area contributed by atoms with Crippen LogP contribution in [0.2, 0.25) is 19.6 Å². The smallest absolute Gasteiger partial charge is 0.302 e. The third-order valence-electron chi connectivity index (χ3n) is 2.58. The molecule has 116 valence electrons. The molecule has 21 heavy (non-hydrogen) atoms. The molecule has 1 rings (SSSR count). The first kappa shape index (κ1) is 17.7. The molecule has 0 aromatic heterocycles. The molecule has 0 aliphatic carbocycles. The number of esters is 1. The molecule has 0 fully saturated rings. The Kier molecular flexibility index (Phi) is 6.89. The standard InChI is InChI=1S/C16H24O4Si/c1-6-10-18-15-8-7-14(12-19-13(2)17)20-16(15)9-11-21(3,4)5/h6-8,14-16H,1,10,12H2,2-5H3/t14-,15+,16+/m0/s1. The summed E-state index contributed by atoms with van der Waals surface area (Å²) in [4.78, 5) is 10.9. The number of hydrogen-bond acceptors (Lipinski definition) is 4. The zero-order chi connectivity index (χ0) is 15.9. The van der Waals surface area contributed by atoms with E-state index in [1.54, 1.807) is 6.08 Å². The van der Waals surface area contributed by atoms with Gasteiger partial charge in [0.15, 0.2) is 0 Å². The summed E-state index contributed by atoms with van der Waals surface area (Å²) >= 11 is 0. The van der Waals surface area contributed by atoms with Gasteiger partial charge >= 0.3 is 5.97 Å². The van der Waals surface area contributed by atoms with E-state index in [0.29, 0.717) is 6.61 Å². The van der Waals surface area contributed by atoms with Crippen molar-refractivity contribution in [2.45, 2.75) is 44.9 Å². The Hall–Kier alpha value is -1.35. The van der Waals surface area contributed by atoms with Gasteiger partial charge in [-0.3, -0.25) is 4.79 Å². The molecule has 1 aliphatic rings. The van der Waals surface area contributed by atoms with E-state index in [0.717, 1.165) is 0 Å². The van der Waals surface area contributed by atoms with Crippen LogP contribution in [-0.4, -0.2) is 45.6 Å². The lowest BCUT2D eigenvalue weighted by molar-refractivity contribution is -0.146. The van der Waals surface area contributed by atoms with Crippen molar-refractivity contribution >= 4 is 14.0 Å². The van der Waals surface area contributed by atoms with Crippen LogP contribution >= 0.6 is 0 Å². The Morgan fingerprint density at radius 3 is 2.71 bits per heavy atom. The highest BCUT2D eigenvalue weighted by Crippen LogP contribution is 2.16. The van der Waals surface area contributed by atoms with Crippen LogP contribution in [0.3, 0.4) is 0 Å². The number of rotatable bonds is 5. The van der Waals surface area contributed by atoms with Gasteiger partial charge in [-0.2, -0.15) is 0 Å². The van der Waals surface area contributed by atoms with Gasteiger partial charge < -0.3 is 14.2 Å². The van der Waals surface area contributed by atoms with Crippen LogP contribution in [0.1, 0.15) is 6.92 Å². The Balaban J connectivity index is 2.76. The van der Waals surface area contributed by atoms with Gasteiger partial charge in [0, 0.05) is 6.92 Å². The van der Waals surface area contributed by atoms with Crippen molar-refractivity contribution in [3.8, 4) is 11.5 Å². The van der Waals surface area contributed by atoms with Crippen molar-refractivity contribution in [1.29, 1.82) is 0 Å². The number of hydrogen-bond donors (Lipinski definition) is 0. The van der Waals surface area contributed by atoms with E-state index in [1.165, 1.54) is 6.92 Å². The van der Waals surface area contributed by atoms with Crippen molar-refractivity contribution in [1.82, 2.24) is 0 Å². The molecule has 4 nitrogen and oxygen atoms in total. The van der Waals surface area contributed by atoms with Crippen LogP contribution in [0.15, 0.2) is 24.8 Å². The summed E-state index contributed by atoms with van der Waals surface area (Å²) in [5.74, 6) is 2.86. The molecule has 0 N–H and O–H groups in total. The van der Waals surface area contributed by atoms with Crippen molar-refractivity contribution < 1.29 is 19.0 Å². The first-order valence-electron chi connectivity index (χ1n) is 7.04. The maximum absolute atomic E-state index is 10.9. The molecule has 0 amide bonds. The minimum atomic E-state index is -1.49. The average molecular weight is 308 g/mol. The van der Waals surface area contributed by atoms with Gasteiger partial charge in [0.05, 0.1) is 6.61 Å². The van der Waals surface area contributed by atoms with E-state index in [1.807, 2.05) is 12.2 Å². The second kappa shape index (κ2) is 8.18. The molecule has 0 radical (unpaired) electrons. The molecule has 1 heterocycles. The topological polar surface area (TPSA) is 44.8 Å². The Labute approximate surface area is 128 Å². The lowest BCUT2D eigenvalue weighted by Crippen LogP contribution is -2.38. The highest BCUT2D eigenvalue weighted by Gasteiger charge is 2.27. The summed E-state index contributed by atoms with van der Waals surface area (Å²) in [6.45, 7) is 12.2. The van der Waals surface area contributed by atoms with Crippen molar-refractivity contribution in [3.63, 3.8) is 0 Å². The maximum atomic E-state index is 10.9. The maximum Gasteiger partial charge on any atom is 0.302 e. The molecule has 0 unspecified atom stereocenters. The molecule has 3 atom stereocenters. The van der Waals surface area contributed by atoms with Gasteiger partial charge in [-0.25, -0.2) is 0 Å². The summed E-state index contributed by atoms with van der Waals surface area (Å²) in [5, 5.41) is 0. The van der Waals surface area contributed by atoms with Crippen LogP contribution in [-0.2, 0) is 19.0 Å². The lowest BCUT2D eigenvalue weighted by Gasteiger charge is -2.29. The highest BCUT2D eigenvalue weighted by molar-refractivity contribution is 6.83. The highest BCUT2D eigenvalue weighted by atomic mass is 28.3. The second-order valence-electron chi connectivity index (χ2n) is 5.89. The predicted octanol–water partition coefficient (Wildman–Crippen LogP) is 2.33. The van der Waals surface area contributed by atoms with Crippen LogP contribution in [0.25, 0.3) is 0 Å². The SMILES string of the molecule is C=CCO[C@@H]1C=C[C@@H](COC(C)=O)O[C@@H]1C#C[Si](C)(C)C. The summed E-state index contributed by atoms with van der Waals surface area (Å²) in [7, 11) is -1.49. The van der Waals surface area contributed by atoms with E-state index >= 15 is 0 Å². The van der Waals surface area contributed by atoms with Crippen LogP contribution in [0.4, 0.5) is 0 Å². The van der Waals surface area contributed by atoms with E-state index in [4.69, 9.17) is 14.2 Å². The third kappa shape index (κ3) is 7.28. The van der Waals surface area contributed by atoms with Gasteiger partial charge in [-0.1, -0.05) is 43.8 Å². The molecule has 0 aromatic carbocycles. The minimum absolute atomic E-state index is 0.200. The molecule has 0 bridgehead atoms. The molecule has 0 spiro atoms. The van der Waals surface area contributed by atoms with E-state index in [2.05, 4.69) is 37.7 Å². The van der Waals surface area contributed by atoms with Crippen molar-refractivity contribution in [2.24, 2.45) is 0 Å². The summed E-state index contributed by atoms with van der Waals surface area (Å²) < 4.78 is 16.5. The van der Waals surface area contributed by atoms with Crippen LogP contribution < -0.4 is 0 Å². The summed E-state index contributed by atoms with van der Waals surface area (Å²) in [6.07, 6.45) is 4.62. The number of carbonyl (C=O) groups excluding carboxylic acids is 1. The monoisotopic (exact) mass is 308 g/mol. The summed E-state index contributed by atoms with van der Waals surface area (Å²) in [6, 6.07) is 0. The fourth-order valence-electron chi connectivity index (χ4n) is 1.67. The zero-order valence-electron chi connectivity index (χ0n) is 13.2. The molecule has 0 aromatic rings. The summed E-state index contributed by atoms with van der Waals surface area (Å²) in [5.41, 5.74) is 3.30. The van der Waals surface area contributed by atoms with Crippen LogP contribution in [0, 0.1) is 11.5 Å². The number of carbonyl (C=O) groups is 1. The first-order chi connectivity index (χ1) is 9.81. The molecule has 1 aliphatic heterocycles. The largest absolute Gasteiger partial charge is 0.463 e. The van der Waals surface area contributed by atoms with Gasteiger partial charge in [-0.15, -0.1) is 12.1 Å². The second-order valence-corrected chi connectivity index (χ2v) is 10.6. The van der Waals surface area contributed by atoms with Gasteiger partial charge in [-0.05, 0) is 0 Å². The van der Waals surface area contributed by atoms with Gasteiger partial charge in [0.25, 0.3) is 0 Å². The van der Waals surface area contributed by atoms with E-state index in [-0.39, 0.29) is 30.9 Å². The van der Waals surface area contributed by atoms with Crippen molar-refractivity contribution in [2.75, 3.05) is 13.2 Å². The fraction of sp³-hybridized carbons (Fsp3) is 0.562. The van der Waals surface area contributed by atoms with Crippen molar-refractivity contribution in [3.05, 3.63) is 24.8 Å². The first-order valence-corrected chi connectivity index (χ1v) is 10.5. The molecular weight excluding hydrogens is 284 g/mol. The normalized spacial score (nSPS) is 24.9. The zero-order valence-corrected chi connectivity index (χ0v) is 14.2. The van der Waals surface area contributed by atoms with Crippen LogP contribution in [0.5, 0.6) is 0 Å². The molecule has 5 heteroatoms. The molecule has 0 saturated heterocycles. The fourth-order valence-corrected chi connectivity index (χ4v) is 2.24. The predicted molar refractivity (Wildman–Crippen MR) is 85.5 cm³/mol. The Morgan fingerprint density at radius 2 is 2.14 bits per heavy atom. The van der Waals surface area contributed by atoms with E-state index in [9.17, 15) is 4.79 Å². The molecular formula is C16H24O4Si. The minimum Gasteiger partial charge on any atom is -0.463 e. The Morgan fingerprint density at radius 1 is 1.43 bits per heavy atom. The third-order valence-corrected chi connectivity index (χ3v) is 3.48. The Bertz CT molecular complexity index is 453. The van der Waals surface area contributed by atoms with E-state index < -0.39 is 8.07 Å². The molecule has 0 saturated carbocycles.